The van der Waals surface area contributed by atoms with E-state index in [2.05, 4.69) is 11.8 Å². The molecule has 88 valence electrons. The summed E-state index contributed by atoms with van der Waals surface area (Å²) >= 11 is 0. The first-order chi connectivity index (χ1) is 7.24. The van der Waals surface area contributed by atoms with Crippen molar-refractivity contribution in [2.75, 3.05) is 32.8 Å². The lowest BCUT2D eigenvalue weighted by Gasteiger charge is -2.44. The Morgan fingerprint density at radius 2 is 2.20 bits per heavy atom. The largest absolute Gasteiger partial charge is 0.377 e. The highest BCUT2D eigenvalue weighted by atomic mass is 16.5. The number of rotatable bonds is 3. The van der Waals surface area contributed by atoms with Crippen molar-refractivity contribution < 1.29 is 4.74 Å². The summed E-state index contributed by atoms with van der Waals surface area (Å²) in [4.78, 5) is 2.56. The first-order valence-electron chi connectivity index (χ1n) is 6.28. The van der Waals surface area contributed by atoms with Crippen LogP contribution in [0.2, 0.25) is 0 Å². The second-order valence-electron chi connectivity index (χ2n) is 5.33. The second-order valence-corrected chi connectivity index (χ2v) is 5.33. The Bertz CT molecular complexity index is 198. The van der Waals surface area contributed by atoms with Crippen LogP contribution in [0, 0.1) is 5.41 Å². The Kier molecular flexibility index (Phi) is 3.65. The molecule has 2 aliphatic rings. The number of nitrogens with two attached hydrogens (primary N) is 1. The van der Waals surface area contributed by atoms with Crippen LogP contribution in [0.4, 0.5) is 0 Å². The van der Waals surface area contributed by atoms with Crippen LogP contribution in [0.25, 0.3) is 0 Å². The first kappa shape index (κ1) is 11.4. The quantitative estimate of drug-likeness (QED) is 0.764. The van der Waals surface area contributed by atoms with E-state index in [1.54, 1.807) is 0 Å². The maximum atomic E-state index is 5.90. The Morgan fingerprint density at radius 3 is 2.80 bits per heavy atom. The molecule has 1 aliphatic heterocycles. The molecule has 3 nitrogen and oxygen atoms in total. The van der Waals surface area contributed by atoms with Crippen LogP contribution >= 0.6 is 0 Å². The predicted octanol–water partition coefficient (Wildman–Crippen LogP) is 1.23. The molecular formula is C12H24N2O. The third kappa shape index (κ3) is 2.71. The third-order valence-electron chi connectivity index (χ3n) is 3.94. The smallest absolute Gasteiger partial charge is 0.0673 e. The summed E-state index contributed by atoms with van der Waals surface area (Å²) < 4.78 is 5.66. The van der Waals surface area contributed by atoms with Crippen LogP contribution in [-0.2, 0) is 4.74 Å². The zero-order chi connectivity index (χ0) is 10.7. The maximum Gasteiger partial charge on any atom is 0.0673 e. The number of ether oxygens (including phenoxy) is 1. The van der Waals surface area contributed by atoms with Crippen molar-refractivity contribution in [1.29, 1.82) is 0 Å². The van der Waals surface area contributed by atoms with Crippen LogP contribution in [-0.4, -0.2) is 43.8 Å². The molecule has 1 unspecified atom stereocenters. The minimum Gasteiger partial charge on any atom is -0.377 e. The summed E-state index contributed by atoms with van der Waals surface area (Å²) in [5, 5.41) is 0. The molecule has 15 heavy (non-hydrogen) atoms. The highest BCUT2D eigenvalue weighted by molar-refractivity contribution is 4.91. The van der Waals surface area contributed by atoms with Gasteiger partial charge in [-0.2, -0.15) is 0 Å². The molecule has 2 N–H and O–H groups in total. The number of hydrogen-bond donors (Lipinski definition) is 1. The summed E-state index contributed by atoms with van der Waals surface area (Å²) in [5.74, 6) is 0. The fourth-order valence-corrected chi connectivity index (χ4v) is 2.80. The van der Waals surface area contributed by atoms with Gasteiger partial charge in [0.15, 0.2) is 0 Å². The number of hydrogen-bond acceptors (Lipinski definition) is 3. The van der Waals surface area contributed by atoms with Crippen LogP contribution < -0.4 is 5.73 Å². The van der Waals surface area contributed by atoms with Gasteiger partial charge in [0.25, 0.3) is 0 Å². The fourth-order valence-electron chi connectivity index (χ4n) is 2.80. The van der Waals surface area contributed by atoms with Gasteiger partial charge in [0, 0.05) is 26.2 Å². The van der Waals surface area contributed by atoms with E-state index in [4.69, 9.17) is 10.5 Å². The lowest BCUT2D eigenvalue weighted by molar-refractivity contribution is 0.0421. The van der Waals surface area contributed by atoms with Gasteiger partial charge < -0.3 is 15.4 Å². The summed E-state index contributed by atoms with van der Waals surface area (Å²) in [5.41, 5.74) is 6.35. The molecule has 0 spiro atoms. The summed E-state index contributed by atoms with van der Waals surface area (Å²) in [7, 11) is 0. The van der Waals surface area contributed by atoms with Crippen LogP contribution in [0.15, 0.2) is 0 Å². The van der Waals surface area contributed by atoms with Gasteiger partial charge in [0.05, 0.1) is 6.10 Å². The van der Waals surface area contributed by atoms with Gasteiger partial charge >= 0.3 is 0 Å². The lowest BCUT2D eigenvalue weighted by atomic mass is 9.68. The molecule has 0 bridgehead atoms. The zero-order valence-corrected chi connectivity index (χ0v) is 9.87. The Hall–Kier alpha value is -0.120. The topological polar surface area (TPSA) is 38.5 Å². The molecule has 0 aromatic rings. The van der Waals surface area contributed by atoms with Gasteiger partial charge in [-0.05, 0) is 38.1 Å². The average molecular weight is 212 g/mol. The van der Waals surface area contributed by atoms with E-state index in [1.165, 1.54) is 38.8 Å². The van der Waals surface area contributed by atoms with E-state index in [0.29, 0.717) is 11.5 Å². The van der Waals surface area contributed by atoms with Crippen LogP contribution in [0.3, 0.4) is 0 Å². The minimum absolute atomic E-state index is 0.391. The SMILES string of the molecule is CC1CN(CC2(CN)CCC2)CCCO1. The van der Waals surface area contributed by atoms with E-state index >= 15 is 0 Å². The molecule has 0 aromatic heterocycles. The monoisotopic (exact) mass is 212 g/mol. The Morgan fingerprint density at radius 1 is 1.40 bits per heavy atom. The summed E-state index contributed by atoms with van der Waals surface area (Å²) in [6.07, 6.45) is 5.59. The Labute approximate surface area is 93.0 Å². The molecule has 1 aliphatic carbocycles. The molecule has 1 atom stereocenters. The van der Waals surface area contributed by atoms with Crippen molar-refractivity contribution in [2.24, 2.45) is 11.1 Å². The highest BCUT2D eigenvalue weighted by Gasteiger charge is 2.37. The molecule has 2 fully saturated rings. The van der Waals surface area contributed by atoms with E-state index in [9.17, 15) is 0 Å². The van der Waals surface area contributed by atoms with E-state index < -0.39 is 0 Å². The van der Waals surface area contributed by atoms with Gasteiger partial charge in [-0.15, -0.1) is 0 Å². The van der Waals surface area contributed by atoms with Gasteiger partial charge in [-0.1, -0.05) is 6.42 Å². The zero-order valence-electron chi connectivity index (χ0n) is 9.87. The predicted molar refractivity (Wildman–Crippen MR) is 61.8 cm³/mol. The maximum absolute atomic E-state index is 5.90. The minimum atomic E-state index is 0.391. The van der Waals surface area contributed by atoms with Crippen molar-refractivity contribution >= 4 is 0 Å². The van der Waals surface area contributed by atoms with Crippen molar-refractivity contribution in [1.82, 2.24) is 4.90 Å². The molecule has 1 saturated carbocycles. The molecule has 1 heterocycles. The highest BCUT2D eigenvalue weighted by Crippen LogP contribution is 2.40. The van der Waals surface area contributed by atoms with Crippen molar-refractivity contribution in [3.63, 3.8) is 0 Å². The van der Waals surface area contributed by atoms with Crippen LogP contribution in [0.5, 0.6) is 0 Å². The number of nitrogens with zero attached hydrogens (tertiary/aromatic N) is 1. The fraction of sp³-hybridized carbons (Fsp3) is 1.00. The summed E-state index contributed by atoms with van der Waals surface area (Å²) in [6.45, 7) is 7.42. The average Bonchev–Trinajstić information content (AvgIpc) is 2.36. The molecule has 3 heteroatoms. The molecule has 0 radical (unpaired) electrons. The van der Waals surface area contributed by atoms with Gasteiger partial charge in [-0.3, -0.25) is 0 Å². The van der Waals surface area contributed by atoms with Gasteiger partial charge in [0.2, 0.25) is 0 Å². The second kappa shape index (κ2) is 4.81. The van der Waals surface area contributed by atoms with Gasteiger partial charge in [-0.25, -0.2) is 0 Å². The van der Waals surface area contributed by atoms with Crippen LogP contribution in [0.1, 0.15) is 32.6 Å². The van der Waals surface area contributed by atoms with Crippen molar-refractivity contribution in [3.05, 3.63) is 0 Å². The molecular weight excluding hydrogens is 188 g/mol. The Balaban J connectivity index is 1.86. The van der Waals surface area contributed by atoms with Crippen molar-refractivity contribution in [2.45, 2.75) is 38.7 Å². The summed E-state index contributed by atoms with van der Waals surface area (Å²) in [6, 6.07) is 0. The van der Waals surface area contributed by atoms with E-state index in [0.717, 1.165) is 19.7 Å². The lowest BCUT2D eigenvalue weighted by Crippen LogP contribution is -2.48. The standard InChI is InChI=1S/C12H24N2O/c1-11-8-14(6-3-7-15-11)10-12(9-13)4-2-5-12/h11H,2-10,13H2,1H3. The van der Waals surface area contributed by atoms with E-state index in [1.807, 2.05) is 0 Å². The first-order valence-corrected chi connectivity index (χ1v) is 6.28. The molecule has 0 amide bonds. The van der Waals surface area contributed by atoms with Gasteiger partial charge in [0.1, 0.15) is 0 Å². The molecule has 2 rings (SSSR count). The molecule has 0 aromatic carbocycles. The van der Waals surface area contributed by atoms with E-state index in [-0.39, 0.29) is 0 Å². The normalized spacial score (nSPS) is 32.0. The van der Waals surface area contributed by atoms with Crippen molar-refractivity contribution in [3.8, 4) is 0 Å². The molecule has 1 saturated heterocycles. The third-order valence-corrected chi connectivity index (χ3v) is 3.94.